The highest BCUT2D eigenvalue weighted by Crippen LogP contribution is 2.33. The molecule has 45 valence electrons. The van der Waals surface area contributed by atoms with Gasteiger partial charge in [0, 0.05) is 5.25 Å². The monoisotopic (exact) mass is 131 g/mol. The highest BCUT2D eigenvalue weighted by Gasteiger charge is 2.21. The van der Waals surface area contributed by atoms with Gasteiger partial charge < -0.3 is 4.74 Å². The molecular weight excluding hydrogens is 124 g/mol. The van der Waals surface area contributed by atoms with Crippen molar-refractivity contribution in [3.05, 3.63) is 0 Å². The molecule has 0 aromatic carbocycles. The van der Waals surface area contributed by atoms with Crippen LogP contribution in [0, 0.1) is 0 Å². The minimum absolute atomic E-state index is 0.480. The van der Waals surface area contributed by atoms with Crippen LogP contribution in [0.3, 0.4) is 0 Å². The van der Waals surface area contributed by atoms with Crippen molar-refractivity contribution in [3.8, 4) is 0 Å². The standard InChI is InChI=1S/C5H7O2S/c6-3-7-4-8-5-1-2-5/h5H,1-2,4H2. The maximum atomic E-state index is 9.45. The molecule has 2 nitrogen and oxygen atoms in total. The Labute approximate surface area is 52.6 Å². The molecule has 1 rings (SSSR count). The first-order chi connectivity index (χ1) is 3.93. The molecule has 1 radical (unpaired) electrons. The van der Waals surface area contributed by atoms with E-state index < -0.39 is 0 Å². The average Bonchev–Trinajstić information content (AvgIpc) is 2.51. The second-order valence-electron chi connectivity index (χ2n) is 1.71. The third-order valence-electron chi connectivity index (χ3n) is 0.946. The van der Waals surface area contributed by atoms with E-state index in [0.29, 0.717) is 5.94 Å². The second kappa shape index (κ2) is 2.97. The molecule has 0 atom stereocenters. The average molecular weight is 131 g/mol. The van der Waals surface area contributed by atoms with Crippen molar-refractivity contribution in [3.63, 3.8) is 0 Å². The lowest BCUT2D eigenvalue weighted by Crippen LogP contribution is -1.86. The van der Waals surface area contributed by atoms with E-state index in [0.717, 1.165) is 5.25 Å². The summed E-state index contributed by atoms with van der Waals surface area (Å²) in [6.45, 7) is 1.38. The Kier molecular flexibility index (Phi) is 2.21. The van der Waals surface area contributed by atoms with Gasteiger partial charge in [0.25, 0.3) is 0 Å². The normalized spacial score (nSPS) is 18.0. The summed E-state index contributed by atoms with van der Waals surface area (Å²) >= 11 is 1.68. The van der Waals surface area contributed by atoms with E-state index in [2.05, 4.69) is 4.74 Å². The van der Waals surface area contributed by atoms with Crippen molar-refractivity contribution in [1.82, 2.24) is 0 Å². The summed E-state index contributed by atoms with van der Waals surface area (Å²) in [6.07, 6.45) is 2.57. The van der Waals surface area contributed by atoms with Crippen molar-refractivity contribution in [2.75, 3.05) is 5.94 Å². The number of hydrogen-bond donors (Lipinski definition) is 0. The molecule has 1 fully saturated rings. The maximum Gasteiger partial charge on any atom is 0.418 e. The third kappa shape index (κ3) is 2.21. The van der Waals surface area contributed by atoms with Crippen LogP contribution in [0.4, 0.5) is 0 Å². The number of ether oxygens (including phenoxy) is 1. The quantitative estimate of drug-likeness (QED) is 0.419. The van der Waals surface area contributed by atoms with Crippen molar-refractivity contribution < 1.29 is 9.53 Å². The largest absolute Gasteiger partial charge is 0.446 e. The van der Waals surface area contributed by atoms with Gasteiger partial charge in [0.05, 0.1) is 0 Å². The molecule has 0 spiro atoms. The molecule has 0 heterocycles. The summed E-state index contributed by atoms with van der Waals surface area (Å²) < 4.78 is 4.34. The van der Waals surface area contributed by atoms with Gasteiger partial charge >= 0.3 is 6.47 Å². The molecule has 3 heteroatoms. The second-order valence-corrected chi connectivity index (χ2v) is 2.95. The summed E-state index contributed by atoms with van der Waals surface area (Å²) in [5, 5.41) is 0.767. The van der Waals surface area contributed by atoms with Gasteiger partial charge in [-0.15, -0.1) is 11.8 Å². The van der Waals surface area contributed by atoms with Crippen LogP contribution in [-0.2, 0) is 9.53 Å². The van der Waals surface area contributed by atoms with Gasteiger partial charge in [-0.3, -0.25) is 0 Å². The van der Waals surface area contributed by atoms with E-state index in [1.807, 2.05) is 0 Å². The van der Waals surface area contributed by atoms with Crippen LogP contribution in [0.2, 0.25) is 0 Å². The van der Waals surface area contributed by atoms with Gasteiger partial charge in [-0.2, -0.15) is 0 Å². The molecule has 0 bridgehead atoms. The Balaban J connectivity index is 1.80. The molecule has 1 aliphatic rings. The van der Waals surface area contributed by atoms with Crippen LogP contribution < -0.4 is 0 Å². The van der Waals surface area contributed by atoms with Gasteiger partial charge in [0.1, 0.15) is 5.94 Å². The van der Waals surface area contributed by atoms with Gasteiger partial charge in [-0.1, -0.05) is 0 Å². The van der Waals surface area contributed by atoms with Crippen LogP contribution >= 0.6 is 11.8 Å². The van der Waals surface area contributed by atoms with Crippen LogP contribution in [0.1, 0.15) is 12.8 Å². The van der Waals surface area contributed by atoms with Gasteiger partial charge in [0.2, 0.25) is 0 Å². The number of hydrogen-bond acceptors (Lipinski definition) is 3. The first-order valence-electron chi connectivity index (χ1n) is 2.54. The minimum Gasteiger partial charge on any atom is -0.446 e. The van der Waals surface area contributed by atoms with Crippen molar-refractivity contribution in [1.29, 1.82) is 0 Å². The maximum absolute atomic E-state index is 9.45. The molecule has 0 N–H and O–H groups in total. The van der Waals surface area contributed by atoms with Crippen LogP contribution in [0.5, 0.6) is 0 Å². The molecule has 0 unspecified atom stereocenters. The molecular formula is C5H7O2S. The van der Waals surface area contributed by atoms with E-state index in [1.54, 1.807) is 11.8 Å². The van der Waals surface area contributed by atoms with Gasteiger partial charge in [-0.05, 0) is 12.8 Å². The first kappa shape index (κ1) is 5.95. The topological polar surface area (TPSA) is 26.3 Å². The van der Waals surface area contributed by atoms with E-state index in [4.69, 9.17) is 0 Å². The molecule has 0 amide bonds. The summed E-state index contributed by atoms with van der Waals surface area (Å²) in [5.74, 6) is 0.480. The van der Waals surface area contributed by atoms with E-state index in [1.165, 1.54) is 19.3 Å². The highest BCUT2D eigenvalue weighted by atomic mass is 32.2. The molecule has 0 saturated heterocycles. The van der Waals surface area contributed by atoms with Crippen LogP contribution in [-0.4, -0.2) is 17.7 Å². The summed E-state index contributed by atoms with van der Waals surface area (Å²) in [7, 11) is 0. The number of rotatable bonds is 4. The Hall–Kier alpha value is -0.180. The van der Waals surface area contributed by atoms with E-state index in [9.17, 15) is 4.79 Å². The zero-order valence-corrected chi connectivity index (χ0v) is 5.24. The lowest BCUT2D eigenvalue weighted by molar-refractivity contribution is 0.337. The fourth-order valence-electron chi connectivity index (χ4n) is 0.389. The third-order valence-corrected chi connectivity index (χ3v) is 2.14. The molecule has 0 aromatic heterocycles. The Bertz CT molecular complexity index is 80.5. The number of thioether (sulfide) groups is 1. The molecule has 0 aliphatic heterocycles. The molecule has 0 aromatic rings. The Morgan fingerprint density at radius 1 is 1.75 bits per heavy atom. The van der Waals surface area contributed by atoms with Gasteiger partial charge in [0.15, 0.2) is 0 Å². The number of carbonyl (C=O) groups excluding carboxylic acids is 1. The smallest absolute Gasteiger partial charge is 0.418 e. The lowest BCUT2D eigenvalue weighted by Gasteiger charge is -1.91. The zero-order chi connectivity index (χ0) is 5.82. The van der Waals surface area contributed by atoms with E-state index >= 15 is 0 Å². The Morgan fingerprint density at radius 2 is 2.50 bits per heavy atom. The van der Waals surface area contributed by atoms with E-state index in [-0.39, 0.29) is 0 Å². The molecule has 1 aliphatic carbocycles. The SMILES string of the molecule is O=[C]OCSC1CC1. The fraction of sp³-hybridized carbons (Fsp3) is 0.800. The van der Waals surface area contributed by atoms with Crippen LogP contribution in [0.15, 0.2) is 0 Å². The first-order valence-corrected chi connectivity index (χ1v) is 3.59. The zero-order valence-electron chi connectivity index (χ0n) is 4.42. The van der Waals surface area contributed by atoms with Gasteiger partial charge in [-0.25, -0.2) is 4.79 Å². The van der Waals surface area contributed by atoms with Crippen molar-refractivity contribution >= 4 is 18.2 Å². The summed E-state index contributed by atoms with van der Waals surface area (Å²) in [4.78, 5) is 9.45. The Morgan fingerprint density at radius 3 is 3.00 bits per heavy atom. The van der Waals surface area contributed by atoms with Crippen LogP contribution in [0.25, 0.3) is 0 Å². The summed E-state index contributed by atoms with van der Waals surface area (Å²) in [5.41, 5.74) is 0. The molecule has 1 saturated carbocycles. The minimum atomic E-state index is 0.480. The molecule has 8 heavy (non-hydrogen) atoms. The fourth-order valence-corrected chi connectivity index (χ4v) is 1.17. The van der Waals surface area contributed by atoms with Crippen molar-refractivity contribution in [2.45, 2.75) is 18.1 Å². The predicted octanol–water partition coefficient (Wildman–Crippen LogP) is 0.923. The van der Waals surface area contributed by atoms with Crippen molar-refractivity contribution in [2.24, 2.45) is 0 Å². The summed E-state index contributed by atoms with van der Waals surface area (Å²) in [6, 6.07) is 0. The predicted molar refractivity (Wildman–Crippen MR) is 32.3 cm³/mol. The highest BCUT2D eigenvalue weighted by molar-refractivity contribution is 8.00. The lowest BCUT2D eigenvalue weighted by atomic mass is 11.0.